The molecule has 1 saturated heterocycles. The zero-order valence-corrected chi connectivity index (χ0v) is 19.9. The first-order chi connectivity index (χ1) is 16.2. The molecular weight excluding hydrogens is 458 g/mol. The lowest BCUT2D eigenvalue weighted by Gasteiger charge is -2.38. The maximum atomic E-state index is 13.5. The lowest BCUT2D eigenvalue weighted by molar-refractivity contribution is -0.128. The van der Waals surface area contributed by atoms with E-state index in [0.29, 0.717) is 29.8 Å². The maximum absolute atomic E-state index is 13.5. The van der Waals surface area contributed by atoms with Gasteiger partial charge in [0.2, 0.25) is 15.9 Å². The van der Waals surface area contributed by atoms with E-state index < -0.39 is 16.1 Å². The second kappa shape index (κ2) is 9.55. The third-order valence-corrected chi connectivity index (χ3v) is 8.15. The number of carbonyl (C=O) groups is 3. The van der Waals surface area contributed by atoms with E-state index in [2.05, 4.69) is 5.32 Å². The predicted octanol–water partition coefficient (Wildman–Crippen LogP) is 1.83. The van der Waals surface area contributed by atoms with E-state index in [1.807, 2.05) is 0 Å². The fraction of sp³-hybridized carbons (Fsp3) is 0.375. The molecule has 2 aromatic carbocycles. The minimum Gasteiger partial charge on any atom is -0.477 e. The number of likely N-dealkylation sites (N-methyl/N-ethyl adjacent to an activating group) is 1. The Balaban J connectivity index is 1.49. The molecule has 4 rings (SSSR count). The molecule has 2 aliphatic rings. The standard InChI is InChI=1S/C24H27N3O6S/c1-16(28)18-6-5-7-19(14-18)34(31,32)26-12-10-17(11-13-26)24(30)27-15-22(23(29)25-2)33-21-9-4-3-8-20(21)27/h3-9,14,17,22H,10-13,15H2,1-2H3,(H,25,29). The number of ketones is 1. The van der Waals surface area contributed by atoms with Crippen molar-refractivity contribution in [2.24, 2.45) is 5.92 Å². The number of amides is 2. The summed E-state index contributed by atoms with van der Waals surface area (Å²) < 4.78 is 33.4. The van der Waals surface area contributed by atoms with Crippen LogP contribution in [-0.4, -0.2) is 63.1 Å². The molecule has 2 amide bonds. The number of carbonyl (C=O) groups excluding carboxylic acids is 3. The van der Waals surface area contributed by atoms with Gasteiger partial charge in [0.05, 0.1) is 17.1 Å². The summed E-state index contributed by atoms with van der Waals surface area (Å²) in [5, 5.41) is 2.56. The van der Waals surface area contributed by atoms with Crippen LogP contribution in [0.25, 0.3) is 0 Å². The second-order valence-corrected chi connectivity index (χ2v) is 10.3. The highest BCUT2D eigenvalue weighted by Crippen LogP contribution is 2.35. The normalized spacial score (nSPS) is 19.1. The van der Waals surface area contributed by atoms with Crippen LogP contribution in [0.15, 0.2) is 53.4 Å². The molecule has 0 bridgehead atoms. The summed E-state index contributed by atoms with van der Waals surface area (Å²) in [4.78, 5) is 39.0. The maximum Gasteiger partial charge on any atom is 0.262 e. The smallest absolute Gasteiger partial charge is 0.262 e. The number of hydrogen-bond donors (Lipinski definition) is 1. The molecule has 1 fully saturated rings. The van der Waals surface area contributed by atoms with Gasteiger partial charge in [-0.2, -0.15) is 4.31 Å². The number of Topliss-reactive ketones (excluding diaryl/α,β-unsaturated/α-hetero) is 1. The first kappa shape index (κ1) is 23.9. The third-order valence-electron chi connectivity index (χ3n) is 6.26. The second-order valence-electron chi connectivity index (χ2n) is 8.40. The van der Waals surface area contributed by atoms with Gasteiger partial charge in [0.1, 0.15) is 5.75 Å². The summed E-state index contributed by atoms with van der Waals surface area (Å²) in [6, 6.07) is 13.1. The van der Waals surface area contributed by atoms with Gasteiger partial charge in [-0.25, -0.2) is 8.42 Å². The van der Waals surface area contributed by atoms with Gasteiger partial charge in [-0.1, -0.05) is 24.3 Å². The number of rotatable bonds is 5. The highest BCUT2D eigenvalue weighted by Gasteiger charge is 2.38. The van der Waals surface area contributed by atoms with E-state index in [1.54, 1.807) is 41.3 Å². The molecule has 0 aliphatic carbocycles. The number of piperidine rings is 1. The lowest BCUT2D eigenvalue weighted by atomic mass is 9.95. The van der Waals surface area contributed by atoms with Crippen LogP contribution in [0, 0.1) is 5.92 Å². The number of nitrogens with one attached hydrogen (secondary N) is 1. The lowest BCUT2D eigenvalue weighted by Crippen LogP contribution is -2.52. The van der Waals surface area contributed by atoms with Gasteiger partial charge in [-0.05, 0) is 44.0 Å². The van der Waals surface area contributed by atoms with E-state index in [9.17, 15) is 22.8 Å². The Morgan fingerprint density at radius 2 is 1.74 bits per heavy atom. The average Bonchev–Trinajstić information content (AvgIpc) is 2.87. The molecule has 180 valence electrons. The molecule has 10 heteroatoms. The number of fused-ring (bicyclic) bond motifs is 1. The van der Waals surface area contributed by atoms with Crippen molar-refractivity contribution in [3.63, 3.8) is 0 Å². The molecule has 0 aromatic heterocycles. The topological polar surface area (TPSA) is 113 Å². The van der Waals surface area contributed by atoms with E-state index in [-0.39, 0.29) is 48.0 Å². The third kappa shape index (κ3) is 4.55. The molecule has 34 heavy (non-hydrogen) atoms. The minimum absolute atomic E-state index is 0.0699. The number of hydrogen-bond acceptors (Lipinski definition) is 6. The molecule has 9 nitrogen and oxygen atoms in total. The predicted molar refractivity (Wildman–Crippen MR) is 125 cm³/mol. The van der Waals surface area contributed by atoms with Crippen molar-refractivity contribution in [1.82, 2.24) is 9.62 Å². The Kier molecular flexibility index (Phi) is 6.72. The van der Waals surface area contributed by atoms with E-state index >= 15 is 0 Å². The Morgan fingerprint density at radius 1 is 1.03 bits per heavy atom. The Hall–Kier alpha value is -3.24. The van der Waals surface area contributed by atoms with Gasteiger partial charge in [0.15, 0.2) is 11.9 Å². The molecule has 0 spiro atoms. The van der Waals surface area contributed by atoms with Crippen molar-refractivity contribution >= 4 is 33.3 Å². The molecule has 1 atom stereocenters. The monoisotopic (exact) mass is 485 g/mol. The first-order valence-corrected chi connectivity index (χ1v) is 12.6. The molecule has 1 unspecified atom stereocenters. The van der Waals surface area contributed by atoms with Crippen LogP contribution in [-0.2, 0) is 19.6 Å². The van der Waals surface area contributed by atoms with Crippen LogP contribution in [0.5, 0.6) is 5.75 Å². The Morgan fingerprint density at radius 3 is 2.41 bits per heavy atom. The van der Waals surface area contributed by atoms with Crippen LogP contribution < -0.4 is 15.0 Å². The van der Waals surface area contributed by atoms with Crippen molar-refractivity contribution in [1.29, 1.82) is 0 Å². The van der Waals surface area contributed by atoms with Gasteiger partial charge in [0, 0.05) is 31.6 Å². The van der Waals surface area contributed by atoms with Gasteiger partial charge in [-0.15, -0.1) is 0 Å². The van der Waals surface area contributed by atoms with Gasteiger partial charge >= 0.3 is 0 Å². The SMILES string of the molecule is CNC(=O)C1CN(C(=O)C2CCN(S(=O)(=O)c3cccc(C(C)=O)c3)CC2)c2ccccc2O1. The Labute approximate surface area is 198 Å². The zero-order chi connectivity index (χ0) is 24.5. The summed E-state index contributed by atoms with van der Waals surface area (Å²) in [6.07, 6.45) is -0.110. The zero-order valence-electron chi connectivity index (χ0n) is 19.1. The van der Waals surface area contributed by atoms with Crippen LogP contribution in [0.3, 0.4) is 0 Å². The molecule has 0 radical (unpaired) electrons. The molecule has 2 heterocycles. The fourth-order valence-electron chi connectivity index (χ4n) is 4.33. The van der Waals surface area contributed by atoms with Crippen molar-refractivity contribution in [3.05, 3.63) is 54.1 Å². The van der Waals surface area contributed by atoms with Gasteiger partial charge in [-0.3, -0.25) is 14.4 Å². The van der Waals surface area contributed by atoms with Crippen molar-refractivity contribution in [2.75, 3.05) is 31.6 Å². The van der Waals surface area contributed by atoms with Crippen LogP contribution in [0.4, 0.5) is 5.69 Å². The summed E-state index contributed by atoms with van der Waals surface area (Å²) in [7, 11) is -2.27. The highest BCUT2D eigenvalue weighted by molar-refractivity contribution is 7.89. The number of sulfonamides is 1. The highest BCUT2D eigenvalue weighted by atomic mass is 32.2. The molecule has 2 aromatic rings. The summed E-state index contributed by atoms with van der Waals surface area (Å²) >= 11 is 0. The first-order valence-electron chi connectivity index (χ1n) is 11.1. The van der Waals surface area contributed by atoms with E-state index in [1.165, 1.54) is 30.4 Å². The van der Waals surface area contributed by atoms with Crippen molar-refractivity contribution in [2.45, 2.75) is 30.8 Å². The summed E-state index contributed by atoms with van der Waals surface area (Å²) in [5.41, 5.74) is 0.937. The van der Waals surface area contributed by atoms with Crippen LogP contribution in [0.1, 0.15) is 30.1 Å². The van der Waals surface area contributed by atoms with Crippen LogP contribution in [0.2, 0.25) is 0 Å². The fourth-order valence-corrected chi connectivity index (χ4v) is 5.84. The molecular formula is C24H27N3O6S. The number of ether oxygens (including phenoxy) is 1. The number of benzene rings is 2. The molecule has 0 saturated carbocycles. The molecule has 2 aliphatic heterocycles. The molecule has 1 N–H and O–H groups in total. The number of para-hydroxylation sites is 2. The van der Waals surface area contributed by atoms with Gasteiger partial charge in [0.25, 0.3) is 5.91 Å². The van der Waals surface area contributed by atoms with E-state index in [4.69, 9.17) is 4.74 Å². The number of anilines is 1. The quantitative estimate of drug-likeness (QED) is 0.647. The largest absolute Gasteiger partial charge is 0.477 e. The average molecular weight is 486 g/mol. The van der Waals surface area contributed by atoms with Gasteiger partial charge < -0.3 is 15.0 Å². The minimum atomic E-state index is -3.78. The summed E-state index contributed by atoms with van der Waals surface area (Å²) in [5.74, 6) is -0.601. The summed E-state index contributed by atoms with van der Waals surface area (Å²) in [6.45, 7) is 1.86. The van der Waals surface area contributed by atoms with Crippen molar-refractivity contribution < 1.29 is 27.5 Å². The van der Waals surface area contributed by atoms with Crippen LogP contribution >= 0.6 is 0 Å². The Bertz CT molecular complexity index is 1220. The van der Waals surface area contributed by atoms with Crippen molar-refractivity contribution in [3.8, 4) is 5.75 Å². The number of nitrogens with zero attached hydrogens (tertiary/aromatic N) is 2. The van der Waals surface area contributed by atoms with E-state index in [0.717, 1.165) is 0 Å².